The molecule has 0 aliphatic carbocycles. The van der Waals surface area contributed by atoms with Gasteiger partial charge in [0.05, 0.1) is 6.04 Å². The van der Waals surface area contributed by atoms with Crippen molar-refractivity contribution in [1.82, 2.24) is 4.90 Å². The Hall–Kier alpha value is -1.91. The average molecular weight is 303 g/mol. The maximum Gasteiger partial charge on any atom is 0.407 e. The Labute approximate surface area is 132 Å². The molecular weight excluding hydrogens is 278 g/mol. The van der Waals surface area contributed by atoms with Gasteiger partial charge < -0.3 is 19.8 Å². The summed E-state index contributed by atoms with van der Waals surface area (Å²) in [6.07, 6.45) is 3.11. The number of piperidine rings is 1. The number of carboxylic acid groups (broad SMARTS) is 1. The number of rotatable bonds is 4. The summed E-state index contributed by atoms with van der Waals surface area (Å²) in [5.41, 5.74) is 2.50. The third-order valence-corrected chi connectivity index (χ3v) is 4.82. The number of carbonyl (C=O) groups is 1. The molecule has 1 amide bonds. The zero-order valence-electron chi connectivity index (χ0n) is 13.2. The van der Waals surface area contributed by atoms with Crippen LogP contribution in [0.25, 0.3) is 0 Å². The normalized spacial score (nSPS) is 19.0. The van der Waals surface area contributed by atoms with Crippen LogP contribution in [0.3, 0.4) is 0 Å². The minimum Gasteiger partial charge on any atom is -0.465 e. The summed E-state index contributed by atoms with van der Waals surface area (Å²) in [7, 11) is 0. The molecule has 0 bridgehead atoms. The summed E-state index contributed by atoms with van der Waals surface area (Å²) in [4.78, 5) is 17.1. The molecule has 0 radical (unpaired) electrons. The lowest BCUT2D eigenvalue weighted by Crippen LogP contribution is -2.61. The lowest BCUT2D eigenvalue weighted by molar-refractivity contribution is 0.104. The van der Waals surface area contributed by atoms with Gasteiger partial charge in [-0.3, -0.25) is 0 Å². The molecule has 1 aromatic carbocycles. The molecule has 5 nitrogen and oxygen atoms in total. The van der Waals surface area contributed by atoms with Gasteiger partial charge in [0.15, 0.2) is 0 Å². The number of benzene rings is 1. The van der Waals surface area contributed by atoms with E-state index in [1.807, 2.05) is 0 Å². The van der Waals surface area contributed by atoms with E-state index in [-0.39, 0.29) is 0 Å². The zero-order chi connectivity index (χ0) is 15.5. The quantitative estimate of drug-likeness (QED) is 0.929. The first-order valence-electron chi connectivity index (χ1n) is 8.28. The van der Waals surface area contributed by atoms with Gasteiger partial charge in [-0.2, -0.15) is 0 Å². The van der Waals surface area contributed by atoms with Crippen LogP contribution in [0, 0.1) is 0 Å². The minimum atomic E-state index is -0.812. The van der Waals surface area contributed by atoms with E-state index in [1.165, 1.54) is 35.5 Å². The van der Waals surface area contributed by atoms with Gasteiger partial charge in [-0.05, 0) is 50.5 Å². The summed E-state index contributed by atoms with van der Waals surface area (Å²) in [6.45, 7) is 6.57. The number of anilines is 2. The number of likely N-dealkylation sites (tertiary alicyclic amines) is 1. The molecule has 2 saturated heterocycles. The monoisotopic (exact) mass is 303 g/mol. The van der Waals surface area contributed by atoms with Crippen LogP contribution in [-0.2, 0) is 0 Å². The SMILES string of the molecule is CCN(c1ccc(N2CCCCC2)cc1)C1CN(C(=O)O)C1. The molecule has 2 aliphatic heterocycles. The Kier molecular flexibility index (Phi) is 4.41. The number of likely N-dealkylation sites (N-methyl/N-ethyl adjacent to an activating group) is 1. The zero-order valence-corrected chi connectivity index (χ0v) is 13.2. The van der Waals surface area contributed by atoms with E-state index in [9.17, 15) is 4.79 Å². The number of hydrogen-bond donors (Lipinski definition) is 1. The van der Waals surface area contributed by atoms with Crippen molar-refractivity contribution in [2.24, 2.45) is 0 Å². The summed E-state index contributed by atoms with van der Waals surface area (Å²) in [5.74, 6) is 0. The topological polar surface area (TPSA) is 47.0 Å². The molecule has 1 aromatic rings. The molecule has 0 saturated carbocycles. The van der Waals surface area contributed by atoms with Crippen LogP contribution in [-0.4, -0.2) is 54.9 Å². The van der Waals surface area contributed by atoms with Crippen molar-refractivity contribution in [3.05, 3.63) is 24.3 Å². The molecule has 3 rings (SSSR count). The maximum atomic E-state index is 10.9. The van der Waals surface area contributed by atoms with E-state index in [0.29, 0.717) is 19.1 Å². The summed E-state index contributed by atoms with van der Waals surface area (Å²) in [6, 6.07) is 9.07. The van der Waals surface area contributed by atoms with Gasteiger partial charge in [0.2, 0.25) is 0 Å². The van der Waals surface area contributed by atoms with Crippen molar-refractivity contribution in [2.75, 3.05) is 42.5 Å². The molecule has 2 fully saturated rings. The predicted octanol–water partition coefficient (Wildman–Crippen LogP) is 2.87. The molecule has 0 unspecified atom stereocenters. The van der Waals surface area contributed by atoms with Gasteiger partial charge >= 0.3 is 6.09 Å². The van der Waals surface area contributed by atoms with Gasteiger partial charge in [-0.25, -0.2) is 4.79 Å². The largest absolute Gasteiger partial charge is 0.465 e. The van der Waals surface area contributed by atoms with E-state index < -0.39 is 6.09 Å². The average Bonchev–Trinajstić information content (AvgIpc) is 2.51. The van der Waals surface area contributed by atoms with Crippen molar-refractivity contribution in [1.29, 1.82) is 0 Å². The van der Waals surface area contributed by atoms with Crippen LogP contribution in [0.1, 0.15) is 26.2 Å². The molecule has 0 aromatic heterocycles. The second-order valence-electron chi connectivity index (χ2n) is 6.19. The highest BCUT2D eigenvalue weighted by Gasteiger charge is 2.34. The lowest BCUT2D eigenvalue weighted by Gasteiger charge is -2.44. The number of amides is 1. The number of hydrogen-bond acceptors (Lipinski definition) is 3. The van der Waals surface area contributed by atoms with Crippen molar-refractivity contribution in [3.8, 4) is 0 Å². The van der Waals surface area contributed by atoms with Crippen molar-refractivity contribution in [3.63, 3.8) is 0 Å². The second kappa shape index (κ2) is 6.46. The van der Waals surface area contributed by atoms with Crippen LogP contribution in [0.15, 0.2) is 24.3 Å². The third kappa shape index (κ3) is 2.98. The molecular formula is C17H25N3O2. The Bertz CT molecular complexity index is 505. The summed E-state index contributed by atoms with van der Waals surface area (Å²) in [5, 5.41) is 8.96. The summed E-state index contributed by atoms with van der Waals surface area (Å²) < 4.78 is 0. The highest BCUT2D eigenvalue weighted by Crippen LogP contribution is 2.26. The van der Waals surface area contributed by atoms with Crippen molar-refractivity contribution in [2.45, 2.75) is 32.2 Å². The fraction of sp³-hybridized carbons (Fsp3) is 0.588. The first kappa shape index (κ1) is 15.0. The summed E-state index contributed by atoms with van der Waals surface area (Å²) >= 11 is 0. The highest BCUT2D eigenvalue weighted by molar-refractivity contribution is 5.67. The molecule has 0 spiro atoms. The smallest absolute Gasteiger partial charge is 0.407 e. The molecule has 0 atom stereocenters. The highest BCUT2D eigenvalue weighted by atomic mass is 16.4. The van der Waals surface area contributed by atoms with Gasteiger partial charge in [0.1, 0.15) is 0 Å². The lowest BCUT2D eigenvalue weighted by atomic mass is 10.1. The Morgan fingerprint density at radius 3 is 2.36 bits per heavy atom. The fourth-order valence-electron chi connectivity index (χ4n) is 3.47. The maximum absolute atomic E-state index is 10.9. The Morgan fingerprint density at radius 2 is 1.82 bits per heavy atom. The van der Waals surface area contributed by atoms with Gasteiger partial charge in [-0.15, -0.1) is 0 Å². The van der Waals surface area contributed by atoms with E-state index in [0.717, 1.165) is 19.6 Å². The minimum absolute atomic E-state index is 0.307. The van der Waals surface area contributed by atoms with E-state index >= 15 is 0 Å². The third-order valence-electron chi connectivity index (χ3n) is 4.82. The molecule has 120 valence electrons. The van der Waals surface area contributed by atoms with Gasteiger partial charge in [0, 0.05) is 44.1 Å². The standard InChI is InChI=1S/C17H25N3O2/c1-2-20(16-12-19(13-16)17(21)22)15-8-6-14(7-9-15)18-10-4-3-5-11-18/h6-9,16H,2-5,10-13H2,1H3,(H,21,22). The van der Waals surface area contributed by atoms with Gasteiger partial charge in [-0.1, -0.05) is 0 Å². The van der Waals surface area contributed by atoms with Crippen LogP contribution in [0.2, 0.25) is 0 Å². The van der Waals surface area contributed by atoms with Crippen LogP contribution in [0.4, 0.5) is 16.2 Å². The van der Waals surface area contributed by atoms with Crippen LogP contribution in [0.5, 0.6) is 0 Å². The van der Waals surface area contributed by atoms with E-state index in [2.05, 4.69) is 41.0 Å². The Morgan fingerprint density at radius 1 is 1.18 bits per heavy atom. The van der Waals surface area contributed by atoms with Crippen molar-refractivity contribution >= 4 is 17.5 Å². The van der Waals surface area contributed by atoms with E-state index in [1.54, 1.807) is 0 Å². The molecule has 2 heterocycles. The van der Waals surface area contributed by atoms with Gasteiger partial charge in [0.25, 0.3) is 0 Å². The molecule has 1 N–H and O–H groups in total. The fourth-order valence-corrected chi connectivity index (χ4v) is 3.47. The Balaban J connectivity index is 1.64. The first-order valence-corrected chi connectivity index (χ1v) is 8.28. The molecule has 2 aliphatic rings. The predicted molar refractivity (Wildman–Crippen MR) is 88.9 cm³/mol. The molecule has 5 heteroatoms. The second-order valence-corrected chi connectivity index (χ2v) is 6.19. The number of nitrogens with zero attached hydrogens (tertiary/aromatic N) is 3. The van der Waals surface area contributed by atoms with Crippen molar-refractivity contribution < 1.29 is 9.90 Å². The molecule has 22 heavy (non-hydrogen) atoms. The van der Waals surface area contributed by atoms with Crippen LogP contribution >= 0.6 is 0 Å². The van der Waals surface area contributed by atoms with E-state index in [4.69, 9.17) is 5.11 Å². The first-order chi connectivity index (χ1) is 10.7. The van der Waals surface area contributed by atoms with Crippen LogP contribution < -0.4 is 9.80 Å².